The van der Waals surface area contributed by atoms with Gasteiger partial charge in [0.25, 0.3) is 5.91 Å². The normalized spacial score (nSPS) is 10.1. The van der Waals surface area contributed by atoms with Gasteiger partial charge in [-0.25, -0.2) is 5.01 Å². The topological polar surface area (TPSA) is 52.6 Å². The van der Waals surface area contributed by atoms with Gasteiger partial charge in [0.15, 0.2) is 0 Å². The van der Waals surface area contributed by atoms with Gasteiger partial charge in [0.05, 0.1) is 0 Å². The Balaban J connectivity index is 2.72. The van der Waals surface area contributed by atoms with Crippen LogP contribution in [0.4, 0.5) is 0 Å². The van der Waals surface area contributed by atoms with Gasteiger partial charge in [-0.1, -0.05) is 0 Å². The lowest BCUT2D eigenvalue weighted by Crippen LogP contribution is -2.36. The lowest BCUT2D eigenvalue weighted by molar-refractivity contribution is 0.0857. The summed E-state index contributed by atoms with van der Waals surface area (Å²) < 4.78 is 0. The van der Waals surface area contributed by atoms with Crippen LogP contribution in [0.1, 0.15) is 10.4 Å². The Kier molecular flexibility index (Phi) is 2.87. The molecule has 0 saturated carbocycles. The van der Waals surface area contributed by atoms with Crippen LogP contribution < -0.4 is 5.43 Å². The number of carbonyl (C=O) groups is 1. The number of carbonyl (C=O) groups excluding carboxylic acids is 1. The van der Waals surface area contributed by atoms with Gasteiger partial charge >= 0.3 is 0 Å². The molecule has 2 N–H and O–H groups in total. The van der Waals surface area contributed by atoms with E-state index in [0.29, 0.717) is 5.56 Å². The van der Waals surface area contributed by atoms with E-state index in [9.17, 15) is 4.79 Å². The smallest absolute Gasteiger partial charge is 0.265 e. The van der Waals surface area contributed by atoms with Crippen molar-refractivity contribution < 1.29 is 9.90 Å². The Morgan fingerprint density at radius 3 is 2.31 bits per heavy atom. The highest BCUT2D eigenvalue weighted by Gasteiger charge is 2.04. The molecule has 4 heteroatoms. The number of nitrogens with zero attached hydrogens (tertiary/aromatic N) is 1. The number of amides is 1. The van der Waals surface area contributed by atoms with E-state index in [2.05, 4.69) is 5.43 Å². The average Bonchev–Trinajstić information content (AvgIpc) is 2.04. The zero-order valence-corrected chi connectivity index (χ0v) is 7.61. The van der Waals surface area contributed by atoms with E-state index in [-0.39, 0.29) is 11.7 Å². The molecule has 0 bridgehead atoms. The fourth-order valence-electron chi connectivity index (χ4n) is 0.880. The largest absolute Gasteiger partial charge is 0.508 e. The van der Waals surface area contributed by atoms with Gasteiger partial charge in [-0.2, -0.15) is 0 Å². The van der Waals surface area contributed by atoms with Gasteiger partial charge in [-0.15, -0.1) is 0 Å². The van der Waals surface area contributed by atoms with Crippen LogP contribution in [0.2, 0.25) is 0 Å². The highest BCUT2D eigenvalue weighted by atomic mass is 16.3. The molecule has 13 heavy (non-hydrogen) atoms. The van der Waals surface area contributed by atoms with Crippen LogP contribution in [0.5, 0.6) is 5.75 Å². The standard InChI is InChI=1S/C9H12N2O2/c1-11(2)10-9(13)7-3-5-8(12)6-4-7/h3-6,12H,1-2H3,(H,10,13). The second-order valence-corrected chi connectivity index (χ2v) is 2.88. The zero-order chi connectivity index (χ0) is 9.84. The molecule has 0 heterocycles. The van der Waals surface area contributed by atoms with Gasteiger partial charge in [0.2, 0.25) is 0 Å². The minimum absolute atomic E-state index is 0.154. The summed E-state index contributed by atoms with van der Waals surface area (Å²) in [7, 11) is 3.47. The summed E-state index contributed by atoms with van der Waals surface area (Å²) in [5.41, 5.74) is 3.11. The molecule has 0 spiro atoms. The minimum Gasteiger partial charge on any atom is -0.508 e. The molecule has 70 valence electrons. The third kappa shape index (κ3) is 2.76. The van der Waals surface area contributed by atoms with E-state index in [4.69, 9.17) is 5.11 Å². The van der Waals surface area contributed by atoms with Gasteiger partial charge in [-0.3, -0.25) is 10.2 Å². The molecular weight excluding hydrogens is 168 g/mol. The van der Waals surface area contributed by atoms with E-state index in [1.54, 1.807) is 31.2 Å². The van der Waals surface area contributed by atoms with Gasteiger partial charge < -0.3 is 5.11 Å². The predicted octanol–water partition coefficient (Wildman–Crippen LogP) is 0.599. The van der Waals surface area contributed by atoms with E-state index in [1.165, 1.54) is 12.1 Å². The lowest BCUT2D eigenvalue weighted by Gasteiger charge is -2.11. The number of hydrogen-bond acceptors (Lipinski definition) is 3. The summed E-state index contributed by atoms with van der Waals surface area (Å²) in [6.45, 7) is 0. The van der Waals surface area contributed by atoms with Crippen molar-refractivity contribution in [1.82, 2.24) is 10.4 Å². The van der Waals surface area contributed by atoms with Crippen molar-refractivity contribution in [1.29, 1.82) is 0 Å². The van der Waals surface area contributed by atoms with E-state index in [0.717, 1.165) is 0 Å². The molecule has 0 fully saturated rings. The minimum atomic E-state index is -0.190. The molecule has 1 aromatic rings. The highest BCUT2D eigenvalue weighted by Crippen LogP contribution is 2.09. The summed E-state index contributed by atoms with van der Waals surface area (Å²) in [5, 5.41) is 10.5. The number of phenols is 1. The Morgan fingerprint density at radius 1 is 1.31 bits per heavy atom. The lowest BCUT2D eigenvalue weighted by atomic mass is 10.2. The van der Waals surface area contributed by atoms with Crippen LogP contribution >= 0.6 is 0 Å². The summed E-state index contributed by atoms with van der Waals surface area (Å²) in [4.78, 5) is 11.3. The second-order valence-electron chi connectivity index (χ2n) is 2.88. The number of hydrogen-bond donors (Lipinski definition) is 2. The van der Waals surface area contributed by atoms with Crippen molar-refractivity contribution in [3.63, 3.8) is 0 Å². The van der Waals surface area contributed by atoms with Crippen molar-refractivity contribution in [2.75, 3.05) is 14.1 Å². The highest BCUT2D eigenvalue weighted by molar-refractivity contribution is 5.93. The van der Waals surface area contributed by atoms with Crippen molar-refractivity contribution in [2.45, 2.75) is 0 Å². The molecule has 1 amide bonds. The van der Waals surface area contributed by atoms with E-state index < -0.39 is 0 Å². The summed E-state index contributed by atoms with van der Waals surface area (Å²) in [6.07, 6.45) is 0. The maximum atomic E-state index is 11.3. The van der Waals surface area contributed by atoms with Crippen LogP contribution in [0, 0.1) is 0 Å². The van der Waals surface area contributed by atoms with Crippen LogP contribution in [-0.4, -0.2) is 30.1 Å². The maximum Gasteiger partial charge on any atom is 0.265 e. The third-order valence-electron chi connectivity index (χ3n) is 1.45. The summed E-state index contributed by atoms with van der Waals surface area (Å²) >= 11 is 0. The summed E-state index contributed by atoms with van der Waals surface area (Å²) in [6, 6.07) is 6.08. The van der Waals surface area contributed by atoms with Crippen LogP contribution in [0.25, 0.3) is 0 Å². The number of aromatic hydroxyl groups is 1. The molecular formula is C9H12N2O2. The number of benzene rings is 1. The Bertz CT molecular complexity index is 293. The quantitative estimate of drug-likeness (QED) is 0.655. The molecule has 0 aliphatic rings. The monoisotopic (exact) mass is 180 g/mol. The first-order chi connectivity index (χ1) is 6.09. The average molecular weight is 180 g/mol. The molecule has 4 nitrogen and oxygen atoms in total. The molecule has 0 saturated heterocycles. The molecule has 0 aromatic heterocycles. The van der Waals surface area contributed by atoms with Crippen LogP contribution in [0.3, 0.4) is 0 Å². The van der Waals surface area contributed by atoms with E-state index in [1.807, 2.05) is 0 Å². The van der Waals surface area contributed by atoms with Crippen LogP contribution in [-0.2, 0) is 0 Å². The molecule has 0 aliphatic carbocycles. The van der Waals surface area contributed by atoms with E-state index >= 15 is 0 Å². The van der Waals surface area contributed by atoms with Gasteiger partial charge in [0.1, 0.15) is 5.75 Å². The number of nitrogens with one attached hydrogen (secondary N) is 1. The maximum absolute atomic E-state index is 11.3. The summed E-state index contributed by atoms with van der Waals surface area (Å²) in [5.74, 6) is -0.0357. The third-order valence-corrected chi connectivity index (χ3v) is 1.45. The Labute approximate surface area is 76.8 Å². The molecule has 1 rings (SSSR count). The number of phenolic OH excluding ortho intramolecular Hbond substituents is 1. The first kappa shape index (κ1) is 9.54. The zero-order valence-electron chi connectivity index (χ0n) is 7.61. The first-order valence-corrected chi connectivity index (χ1v) is 3.87. The fourth-order valence-corrected chi connectivity index (χ4v) is 0.880. The molecule has 0 aliphatic heterocycles. The predicted molar refractivity (Wildman–Crippen MR) is 49.3 cm³/mol. The Hall–Kier alpha value is -1.55. The van der Waals surface area contributed by atoms with Gasteiger partial charge in [-0.05, 0) is 24.3 Å². The van der Waals surface area contributed by atoms with Crippen molar-refractivity contribution in [3.8, 4) is 5.75 Å². The Morgan fingerprint density at radius 2 is 1.85 bits per heavy atom. The van der Waals surface area contributed by atoms with Crippen molar-refractivity contribution >= 4 is 5.91 Å². The fraction of sp³-hybridized carbons (Fsp3) is 0.222. The van der Waals surface area contributed by atoms with Crippen molar-refractivity contribution in [2.24, 2.45) is 0 Å². The SMILES string of the molecule is CN(C)NC(=O)c1ccc(O)cc1. The second kappa shape index (κ2) is 3.91. The molecule has 0 unspecified atom stereocenters. The van der Waals surface area contributed by atoms with Crippen molar-refractivity contribution in [3.05, 3.63) is 29.8 Å². The molecule has 0 radical (unpaired) electrons. The molecule has 1 aromatic carbocycles. The van der Waals surface area contributed by atoms with Gasteiger partial charge in [0, 0.05) is 19.7 Å². The number of rotatable bonds is 2. The number of hydrazine groups is 1. The van der Waals surface area contributed by atoms with Crippen LogP contribution in [0.15, 0.2) is 24.3 Å². The molecule has 0 atom stereocenters. The first-order valence-electron chi connectivity index (χ1n) is 3.87.